The first-order chi connectivity index (χ1) is 15.0. The number of hydrogen-bond acceptors (Lipinski definition) is 4. The van der Waals surface area contributed by atoms with Gasteiger partial charge in [0, 0.05) is 35.9 Å². The smallest absolute Gasteiger partial charge is 0.255 e. The number of para-hydroxylation sites is 1. The molecule has 1 fully saturated rings. The van der Waals surface area contributed by atoms with Crippen molar-refractivity contribution < 1.29 is 9.59 Å². The molecule has 0 saturated carbocycles. The van der Waals surface area contributed by atoms with E-state index in [1.165, 1.54) is 0 Å². The first-order valence-corrected chi connectivity index (χ1v) is 10.6. The standard InChI is InChI=1S/C23H24ClN5O2/c24-17-8-6-16(7-9-17)22-20(14-29(27-22)19-4-2-1-3-5-19)23(31)26-18-10-12-28(13-11-18)15-21(25)30/h1-9,14,18H,10-13,15H2,(H2,25,30)(H,26,31). The van der Waals surface area contributed by atoms with E-state index >= 15 is 0 Å². The summed E-state index contributed by atoms with van der Waals surface area (Å²) in [6.45, 7) is 1.70. The van der Waals surface area contributed by atoms with Crippen LogP contribution in [0.2, 0.25) is 5.02 Å². The Hall–Kier alpha value is -3.16. The third kappa shape index (κ3) is 5.13. The fraction of sp³-hybridized carbons (Fsp3) is 0.261. The Labute approximate surface area is 185 Å². The van der Waals surface area contributed by atoms with Gasteiger partial charge in [-0.3, -0.25) is 14.5 Å². The summed E-state index contributed by atoms with van der Waals surface area (Å²) in [4.78, 5) is 26.3. The average Bonchev–Trinajstić information content (AvgIpc) is 3.22. The van der Waals surface area contributed by atoms with Gasteiger partial charge in [0.2, 0.25) is 5.91 Å². The maximum atomic E-state index is 13.2. The van der Waals surface area contributed by atoms with Gasteiger partial charge in [0.1, 0.15) is 5.69 Å². The van der Waals surface area contributed by atoms with Crippen molar-refractivity contribution in [3.8, 4) is 16.9 Å². The molecule has 0 spiro atoms. The van der Waals surface area contributed by atoms with Crippen molar-refractivity contribution in [1.29, 1.82) is 0 Å². The molecule has 2 aromatic carbocycles. The molecule has 4 rings (SSSR count). The number of piperidine rings is 1. The first-order valence-electron chi connectivity index (χ1n) is 10.2. The fourth-order valence-corrected chi connectivity index (χ4v) is 3.92. The predicted octanol–water partition coefficient (Wildman–Crippen LogP) is 2.87. The van der Waals surface area contributed by atoms with Gasteiger partial charge in [0.25, 0.3) is 5.91 Å². The minimum atomic E-state index is -0.330. The summed E-state index contributed by atoms with van der Waals surface area (Å²) in [5.41, 5.74) is 8.08. The zero-order chi connectivity index (χ0) is 21.8. The lowest BCUT2D eigenvalue weighted by Crippen LogP contribution is -2.46. The molecule has 8 heteroatoms. The highest BCUT2D eigenvalue weighted by Crippen LogP contribution is 2.26. The molecule has 0 bridgehead atoms. The number of nitrogens with one attached hydrogen (secondary N) is 1. The van der Waals surface area contributed by atoms with E-state index in [9.17, 15) is 9.59 Å². The predicted molar refractivity (Wildman–Crippen MR) is 120 cm³/mol. The number of rotatable bonds is 6. The number of nitrogens with two attached hydrogens (primary N) is 1. The van der Waals surface area contributed by atoms with Crippen LogP contribution < -0.4 is 11.1 Å². The second-order valence-corrected chi connectivity index (χ2v) is 8.11. The van der Waals surface area contributed by atoms with E-state index in [1.54, 1.807) is 23.0 Å². The largest absolute Gasteiger partial charge is 0.369 e. The van der Waals surface area contributed by atoms with Crippen LogP contribution in [-0.4, -0.2) is 52.2 Å². The number of amides is 2. The van der Waals surface area contributed by atoms with Crippen LogP contribution in [0.15, 0.2) is 60.8 Å². The van der Waals surface area contributed by atoms with Gasteiger partial charge in [-0.15, -0.1) is 0 Å². The number of aromatic nitrogens is 2. The lowest BCUT2D eigenvalue weighted by atomic mass is 10.0. The highest BCUT2D eigenvalue weighted by molar-refractivity contribution is 6.30. The molecule has 1 aromatic heterocycles. The lowest BCUT2D eigenvalue weighted by molar-refractivity contribution is -0.119. The van der Waals surface area contributed by atoms with E-state index in [2.05, 4.69) is 5.32 Å². The van der Waals surface area contributed by atoms with Crippen molar-refractivity contribution >= 4 is 23.4 Å². The van der Waals surface area contributed by atoms with Crippen molar-refractivity contribution in [2.75, 3.05) is 19.6 Å². The molecule has 1 saturated heterocycles. The summed E-state index contributed by atoms with van der Waals surface area (Å²) < 4.78 is 1.72. The van der Waals surface area contributed by atoms with E-state index in [-0.39, 0.29) is 24.4 Å². The van der Waals surface area contributed by atoms with E-state index in [0.717, 1.165) is 37.2 Å². The van der Waals surface area contributed by atoms with Crippen LogP contribution in [0.4, 0.5) is 0 Å². The van der Waals surface area contributed by atoms with Gasteiger partial charge in [-0.2, -0.15) is 5.10 Å². The number of carbonyl (C=O) groups excluding carboxylic acids is 2. The number of benzene rings is 2. The maximum Gasteiger partial charge on any atom is 0.255 e. The number of halogens is 1. The number of nitrogens with zero attached hydrogens (tertiary/aromatic N) is 3. The Morgan fingerprint density at radius 2 is 1.74 bits per heavy atom. The number of hydrogen-bond donors (Lipinski definition) is 2. The summed E-state index contributed by atoms with van der Waals surface area (Å²) in [5.74, 6) is -0.496. The number of primary amides is 1. The van der Waals surface area contributed by atoms with E-state index in [0.29, 0.717) is 16.3 Å². The lowest BCUT2D eigenvalue weighted by Gasteiger charge is -2.31. The summed E-state index contributed by atoms with van der Waals surface area (Å²) in [6.07, 6.45) is 3.29. The topological polar surface area (TPSA) is 93.3 Å². The second kappa shape index (κ2) is 9.32. The summed E-state index contributed by atoms with van der Waals surface area (Å²) in [6, 6.07) is 17.0. The number of likely N-dealkylation sites (tertiary alicyclic amines) is 1. The SMILES string of the molecule is NC(=O)CN1CCC(NC(=O)c2cn(-c3ccccc3)nc2-c2ccc(Cl)cc2)CC1. The second-order valence-electron chi connectivity index (χ2n) is 7.67. The van der Waals surface area contributed by atoms with Crippen LogP contribution in [0, 0.1) is 0 Å². The molecule has 2 heterocycles. The van der Waals surface area contributed by atoms with Crippen molar-refractivity contribution in [2.45, 2.75) is 18.9 Å². The summed E-state index contributed by atoms with van der Waals surface area (Å²) in [7, 11) is 0. The van der Waals surface area contributed by atoms with Crippen molar-refractivity contribution in [3.63, 3.8) is 0 Å². The van der Waals surface area contributed by atoms with Gasteiger partial charge in [-0.1, -0.05) is 41.9 Å². The average molecular weight is 438 g/mol. The molecule has 0 unspecified atom stereocenters. The molecule has 31 heavy (non-hydrogen) atoms. The molecule has 1 aliphatic heterocycles. The van der Waals surface area contributed by atoms with Crippen LogP contribution in [0.25, 0.3) is 16.9 Å². The normalized spacial score (nSPS) is 15.0. The van der Waals surface area contributed by atoms with Gasteiger partial charge in [-0.05, 0) is 37.1 Å². The molecule has 160 valence electrons. The molecule has 2 amide bonds. The Morgan fingerprint density at radius 1 is 1.06 bits per heavy atom. The van der Waals surface area contributed by atoms with Crippen LogP contribution in [0.5, 0.6) is 0 Å². The molecule has 0 aliphatic carbocycles. The summed E-state index contributed by atoms with van der Waals surface area (Å²) in [5, 5.41) is 8.45. The van der Waals surface area contributed by atoms with Gasteiger partial charge < -0.3 is 11.1 Å². The fourth-order valence-electron chi connectivity index (χ4n) is 3.79. The van der Waals surface area contributed by atoms with E-state index < -0.39 is 0 Å². The third-order valence-electron chi connectivity index (χ3n) is 5.40. The third-order valence-corrected chi connectivity index (χ3v) is 5.65. The van der Waals surface area contributed by atoms with Crippen LogP contribution in [0.1, 0.15) is 23.2 Å². The van der Waals surface area contributed by atoms with Crippen LogP contribution >= 0.6 is 11.6 Å². The van der Waals surface area contributed by atoms with Crippen molar-refractivity contribution in [2.24, 2.45) is 5.73 Å². The Bertz CT molecular complexity index is 1060. The van der Waals surface area contributed by atoms with Gasteiger partial charge in [0.05, 0.1) is 17.8 Å². The first kappa shape index (κ1) is 21.1. The molecule has 3 aromatic rings. The Morgan fingerprint density at radius 3 is 2.39 bits per heavy atom. The van der Waals surface area contributed by atoms with Gasteiger partial charge in [0.15, 0.2) is 0 Å². The van der Waals surface area contributed by atoms with Crippen molar-refractivity contribution in [3.05, 3.63) is 71.4 Å². The van der Waals surface area contributed by atoms with Gasteiger partial charge >= 0.3 is 0 Å². The number of carbonyl (C=O) groups is 2. The maximum absolute atomic E-state index is 13.2. The van der Waals surface area contributed by atoms with Crippen molar-refractivity contribution in [1.82, 2.24) is 20.0 Å². The molecular formula is C23H24ClN5O2. The molecule has 7 nitrogen and oxygen atoms in total. The molecule has 3 N–H and O–H groups in total. The minimum absolute atomic E-state index is 0.0368. The van der Waals surface area contributed by atoms with Gasteiger partial charge in [-0.25, -0.2) is 4.68 Å². The Balaban J connectivity index is 1.56. The Kier molecular flexibility index (Phi) is 6.34. The summed E-state index contributed by atoms with van der Waals surface area (Å²) >= 11 is 6.04. The highest BCUT2D eigenvalue weighted by atomic mass is 35.5. The molecule has 0 radical (unpaired) electrons. The van der Waals surface area contributed by atoms with Crippen LogP contribution in [-0.2, 0) is 4.79 Å². The minimum Gasteiger partial charge on any atom is -0.369 e. The zero-order valence-electron chi connectivity index (χ0n) is 17.0. The van der Waals surface area contributed by atoms with Crippen LogP contribution in [0.3, 0.4) is 0 Å². The highest BCUT2D eigenvalue weighted by Gasteiger charge is 2.25. The molecule has 1 aliphatic rings. The zero-order valence-corrected chi connectivity index (χ0v) is 17.8. The van der Waals surface area contributed by atoms with E-state index in [1.807, 2.05) is 47.4 Å². The quantitative estimate of drug-likeness (QED) is 0.620. The van der Waals surface area contributed by atoms with E-state index in [4.69, 9.17) is 22.4 Å². The molecule has 0 atom stereocenters. The monoisotopic (exact) mass is 437 g/mol. The molecular weight excluding hydrogens is 414 g/mol.